The SMILES string of the molecule is CCCN1C(=O)/C(=C/C=C/c2ccco2)NC1=S. The van der Waals surface area contributed by atoms with Crippen molar-refractivity contribution in [1.82, 2.24) is 10.2 Å². The molecule has 2 heterocycles. The maximum Gasteiger partial charge on any atom is 0.276 e. The number of nitrogens with one attached hydrogen (secondary N) is 1. The Kier molecular flexibility index (Phi) is 3.94. The van der Waals surface area contributed by atoms with Crippen LogP contribution in [0.1, 0.15) is 19.1 Å². The summed E-state index contributed by atoms with van der Waals surface area (Å²) in [4.78, 5) is 13.5. The minimum atomic E-state index is -0.0778. The zero-order chi connectivity index (χ0) is 13.0. The van der Waals surface area contributed by atoms with Gasteiger partial charge in [-0.2, -0.15) is 0 Å². The normalized spacial score (nSPS) is 18.1. The maximum absolute atomic E-state index is 11.9. The molecule has 5 heteroatoms. The minimum absolute atomic E-state index is 0.0778. The van der Waals surface area contributed by atoms with Crippen LogP contribution in [0.25, 0.3) is 6.08 Å². The molecule has 0 atom stereocenters. The summed E-state index contributed by atoms with van der Waals surface area (Å²) >= 11 is 5.10. The van der Waals surface area contributed by atoms with Crippen LogP contribution < -0.4 is 5.32 Å². The molecule has 94 valence electrons. The Morgan fingerprint density at radius 2 is 2.39 bits per heavy atom. The molecule has 1 saturated heterocycles. The molecular weight excluding hydrogens is 248 g/mol. The Labute approximate surface area is 111 Å². The smallest absolute Gasteiger partial charge is 0.276 e. The van der Waals surface area contributed by atoms with E-state index in [9.17, 15) is 4.79 Å². The van der Waals surface area contributed by atoms with Gasteiger partial charge in [0, 0.05) is 6.54 Å². The molecule has 0 unspecified atom stereocenters. The molecule has 1 fully saturated rings. The molecule has 0 aromatic carbocycles. The largest absolute Gasteiger partial charge is 0.465 e. The van der Waals surface area contributed by atoms with Crippen molar-refractivity contribution in [3.8, 4) is 0 Å². The highest BCUT2D eigenvalue weighted by Gasteiger charge is 2.28. The number of amides is 1. The summed E-state index contributed by atoms with van der Waals surface area (Å²) in [6, 6.07) is 3.65. The molecular formula is C13H14N2O2S. The highest BCUT2D eigenvalue weighted by molar-refractivity contribution is 7.80. The molecule has 1 aromatic heterocycles. The first-order valence-electron chi connectivity index (χ1n) is 5.77. The highest BCUT2D eigenvalue weighted by Crippen LogP contribution is 2.11. The van der Waals surface area contributed by atoms with Crippen LogP contribution >= 0.6 is 12.2 Å². The van der Waals surface area contributed by atoms with E-state index in [2.05, 4.69) is 5.32 Å². The predicted molar refractivity (Wildman–Crippen MR) is 73.6 cm³/mol. The van der Waals surface area contributed by atoms with Crippen molar-refractivity contribution < 1.29 is 9.21 Å². The lowest BCUT2D eigenvalue weighted by Gasteiger charge is -2.11. The van der Waals surface area contributed by atoms with Crippen LogP contribution in [0, 0.1) is 0 Å². The van der Waals surface area contributed by atoms with Crippen molar-refractivity contribution in [2.75, 3.05) is 6.54 Å². The third-order valence-corrected chi connectivity index (χ3v) is 2.80. The van der Waals surface area contributed by atoms with E-state index in [0.29, 0.717) is 17.4 Å². The van der Waals surface area contributed by atoms with Gasteiger partial charge in [0.2, 0.25) is 0 Å². The number of furan rings is 1. The number of hydrogen-bond donors (Lipinski definition) is 1. The molecule has 0 saturated carbocycles. The number of thiocarbonyl (C=S) groups is 1. The summed E-state index contributed by atoms with van der Waals surface area (Å²) in [5, 5.41) is 3.38. The Bertz CT molecular complexity index is 503. The van der Waals surface area contributed by atoms with Crippen molar-refractivity contribution in [2.24, 2.45) is 0 Å². The van der Waals surface area contributed by atoms with Crippen molar-refractivity contribution in [3.63, 3.8) is 0 Å². The first kappa shape index (κ1) is 12.6. The zero-order valence-electron chi connectivity index (χ0n) is 10.1. The Hall–Kier alpha value is -1.88. The van der Waals surface area contributed by atoms with Crippen LogP contribution in [-0.2, 0) is 4.79 Å². The molecule has 2 rings (SSSR count). The van der Waals surface area contributed by atoms with E-state index in [0.717, 1.165) is 12.2 Å². The fraction of sp³-hybridized carbons (Fsp3) is 0.231. The van der Waals surface area contributed by atoms with Crippen molar-refractivity contribution in [1.29, 1.82) is 0 Å². The average Bonchev–Trinajstić information content (AvgIpc) is 2.94. The quantitative estimate of drug-likeness (QED) is 0.668. The van der Waals surface area contributed by atoms with Crippen LogP contribution in [0.2, 0.25) is 0 Å². The van der Waals surface area contributed by atoms with Crippen molar-refractivity contribution in [2.45, 2.75) is 13.3 Å². The van der Waals surface area contributed by atoms with E-state index in [-0.39, 0.29) is 5.91 Å². The molecule has 0 radical (unpaired) electrons. The van der Waals surface area contributed by atoms with Crippen LogP contribution in [-0.4, -0.2) is 22.5 Å². The fourth-order valence-electron chi connectivity index (χ4n) is 1.64. The third-order valence-electron chi connectivity index (χ3n) is 2.48. The van der Waals surface area contributed by atoms with E-state index in [1.54, 1.807) is 29.4 Å². The molecule has 1 amide bonds. The first-order valence-corrected chi connectivity index (χ1v) is 6.18. The van der Waals surface area contributed by atoms with E-state index in [1.165, 1.54) is 0 Å². The van der Waals surface area contributed by atoms with Crippen LogP contribution in [0.4, 0.5) is 0 Å². The molecule has 1 aliphatic rings. The third kappa shape index (κ3) is 2.68. The Balaban J connectivity index is 2.06. The summed E-state index contributed by atoms with van der Waals surface area (Å²) in [5.41, 5.74) is 0.497. The van der Waals surface area contributed by atoms with Gasteiger partial charge in [0.05, 0.1) is 6.26 Å². The van der Waals surface area contributed by atoms with Gasteiger partial charge in [-0.1, -0.05) is 13.0 Å². The topological polar surface area (TPSA) is 45.5 Å². The van der Waals surface area contributed by atoms with Crippen LogP contribution in [0.3, 0.4) is 0 Å². The van der Waals surface area contributed by atoms with E-state index in [1.807, 2.05) is 19.1 Å². The molecule has 0 bridgehead atoms. The number of carbonyl (C=O) groups is 1. The molecule has 0 aliphatic carbocycles. The van der Waals surface area contributed by atoms with Gasteiger partial charge in [-0.05, 0) is 42.9 Å². The van der Waals surface area contributed by atoms with Crippen molar-refractivity contribution in [3.05, 3.63) is 42.0 Å². The Morgan fingerprint density at radius 1 is 1.56 bits per heavy atom. The zero-order valence-corrected chi connectivity index (χ0v) is 10.9. The molecule has 4 nitrogen and oxygen atoms in total. The number of nitrogens with zero attached hydrogens (tertiary/aromatic N) is 1. The van der Waals surface area contributed by atoms with Gasteiger partial charge in [-0.3, -0.25) is 9.69 Å². The lowest BCUT2D eigenvalue weighted by atomic mass is 10.3. The van der Waals surface area contributed by atoms with Gasteiger partial charge in [0.25, 0.3) is 5.91 Å². The molecule has 1 aromatic rings. The van der Waals surface area contributed by atoms with E-state index < -0.39 is 0 Å². The lowest BCUT2D eigenvalue weighted by Crippen LogP contribution is -2.31. The molecule has 0 spiro atoms. The first-order chi connectivity index (χ1) is 8.72. The predicted octanol–water partition coefficient (Wildman–Crippen LogP) is 2.30. The van der Waals surface area contributed by atoms with Gasteiger partial charge in [-0.15, -0.1) is 0 Å². The summed E-state index contributed by atoms with van der Waals surface area (Å²) in [5.74, 6) is 0.663. The van der Waals surface area contributed by atoms with Gasteiger partial charge >= 0.3 is 0 Å². The standard InChI is InChI=1S/C13H14N2O2S/c1-2-8-15-12(16)11(14-13(15)18)7-3-5-10-6-4-9-17-10/h3-7,9H,2,8H2,1H3,(H,14,18)/b5-3+,11-7-. The van der Waals surface area contributed by atoms with Gasteiger partial charge in [0.1, 0.15) is 11.5 Å². The monoisotopic (exact) mass is 262 g/mol. The maximum atomic E-state index is 11.9. The number of carbonyl (C=O) groups excluding carboxylic acids is 1. The summed E-state index contributed by atoms with van der Waals surface area (Å²) in [7, 11) is 0. The molecule has 1 N–H and O–H groups in total. The van der Waals surface area contributed by atoms with Crippen LogP contribution in [0.5, 0.6) is 0 Å². The summed E-state index contributed by atoms with van der Waals surface area (Å²) in [6.45, 7) is 2.65. The van der Waals surface area contributed by atoms with Gasteiger partial charge in [-0.25, -0.2) is 0 Å². The fourth-order valence-corrected chi connectivity index (χ4v) is 1.92. The number of hydrogen-bond acceptors (Lipinski definition) is 3. The second kappa shape index (κ2) is 5.64. The van der Waals surface area contributed by atoms with E-state index >= 15 is 0 Å². The van der Waals surface area contributed by atoms with Gasteiger partial charge < -0.3 is 9.73 Å². The molecule has 18 heavy (non-hydrogen) atoms. The second-order valence-corrected chi connectivity index (χ2v) is 4.23. The van der Waals surface area contributed by atoms with Crippen LogP contribution in [0.15, 0.2) is 40.7 Å². The van der Waals surface area contributed by atoms with E-state index in [4.69, 9.17) is 16.6 Å². The minimum Gasteiger partial charge on any atom is -0.465 e. The van der Waals surface area contributed by atoms with Gasteiger partial charge in [0.15, 0.2) is 5.11 Å². The highest BCUT2D eigenvalue weighted by atomic mass is 32.1. The van der Waals surface area contributed by atoms with Crippen molar-refractivity contribution >= 4 is 29.3 Å². The summed E-state index contributed by atoms with van der Waals surface area (Å²) < 4.78 is 5.15. The molecule has 1 aliphatic heterocycles. The average molecular weight is 262 g/mol. The number of allylic oxidation sites excluding steroid dienone is 2. The summed E-state index contributed by atoms with van der Waals surface area (Å²) in [6.07, 6.45) is 7.73. The Morgan fingerprint density at radius 3 is 3.06 bits per heavy atom. The second-order valence-electron chi connectivity index (χ2n) is 3.84. The lowest BCUT2D eigenvalue weighted by molar-refractivity contribution is -0.122. The number of rotatable bonds is 4.